The van der Waals surface area contributed by atoms with Crippen LogP contribution >= 0.6 is 11.3 Å². The van der Waals surface area contributed by atoms with E-state index in [-0.39, 0.29) is 0 Å². The van der Waals surface area contributed by atoms with E-state index in [1.807, 2.05) is 11.7 Å². The van der Waals surface area contributed by atoms with Crippen molar-refractivity contribution >= 4 is 11.3 Å². The third kappa shape index (κ3) is 2.79. The topological polar surface area (TPSA) is 38.9 Å². The summed E-state index contributed by atoms with van der Waals surface area (Å²) >= 11 is 1.78. The highest BCUT2D eigenvalue weighted by Gasteiger charge is 2.27. The lowest BCUT2D eigenvalue weighted by atomic mass is 9.74. The maximum Gasteiger partial charge on any atom is 0.0794 e. The molecule has 3 atom stereocenters. The molecule has 0 amide bonds. The minimum absolute atomic E-state index is 0.436. The Balaban J connectivity index is 1.98. The molecule has 3 heteroatoms. The van der Waals surface area contributed by atoms with Gasteiger partial charge in [0.2, 0.25) is 0 Å². The lowest BCUT2D eigenvalue weighted by Crippen LogP contribution is -2.34. The van der Waals surface area contributed by atoms with E-state index in [2.05, 4.69) is 11.9 Å². The fourth-order valence-corrected chi connectivity index (χ4v) is 3.44. The molecule has 3 unspecified atom stereocenters. The van der Waals surface area contributed by atoms with Crippen molar-refractivity contribution in [2.24, 2.45) is 17.6 Å². The molecule has 2 rings (SSSR count). The van der Waals surface area contributed by atoms with Crippen molar-refractivity contribution in [1.82, 2.24) is 4.98 Å². The summed E-state index contributed by atoms with van der Waals surface area (Å²) in [4.78, 5) is 5.57. The van der Waals surface area contributed by atoms with Crippen LogP contribution in [0.15, 0.2) is 11.7 Å². The molecule has 1 aliphatic carbocycles. The standard InChI is InChI=1S/C12H20N2S/c1-2-9-3-4-11(13)5-10(9)6-12-7-14-8-15-12/h7-11H,2-6,13H2,1H3. The monoisotopic (exact) mass is 224 g/mol. The first-order valence-corrected chi connectivity index (χ1v) is 6.80. The zero-order valence-electron chi connectivity index (χ0n) is 9.36. The Hall–Kier alpha value is -0.410. The van der Waals surface area contributed by atoms with Crippen molar-refractivity contribution in [3.8, 4) is 0 Å². The molecule has 2 N–H and O–H groups in total. The van der Waals surface area contributed by atoms with E-state index in [1.54, 1.807) is 11.3 Å². The molecule has 0 aliphatic heterocycles. The summed E-state index contributed by atoms with van der Waals surface area (Å²) in [5, 5.41) is 0. The quantitative estimate of drug-likeness (QED) is 0.857. The Morgan fingerprint density at radius 3 is 3.00 bits per heavy atom. The third-order valence-electron chi connectivity index (χ3n) is 3.65. The average Bonchev–Trinajstić information content (AvgIpc) is 2.71. The van der Waals surface area contributed by atoms with E-state index >= 15 is 0 Å². The van der Waals surface area contributed by atoms with Gasteiger partial charge in [-0.05, 0) is 37.5 Å². The number of nitrogens with zero attached hydrogens (tertiary/aromatic N) is 1. The maximum absolute atomic E-state index is 6.06. The molecule has 1 saturated carbocycles. The zero-order valence-corrected chi connectivity index (χ0v) is 10.2. The van der Waals surface area contributed by atoms with E-state index in [0.29, 0.717) is 6.04 Å². The van der Waals surface area contributed by atoms with Crippen LogP contribution in [-0.4, -0.2) is 11.0 Å². The van der Waals surface area contributed by atoms with Crippen molar-refractivity contribution in [1.29, 1.82) is 0 Å². The molecule has 0 spiro atoms. The highest BCUT2D eigenvalue weighted by Crippen LogP contribution is 2.34. The van der Waals surface area contributed by atoms with Gasteiger partial charge in [-0.3, -0.25) is 4.98 Å². The van der Waals surface area contributed by atoms with Crippen LogP contribution in [-0.2, 0) is 6.42 Å². The lowest BCUT2D eigenvalue weighted by molar-refractivity contribution is 0.210. The summed E-state index contributed by atoms with van der Waals surface area (Å²) in [7, 11) is 0. The van der Waals surface area contributed by atoms with Crippen LogP contribution in [0.4, 0.5) is 0 Å². The highest BCUT2D eigenvalue weighted by atomic mass is 32.1. The normalized spacial score (nSPS) is 31.7. The van der Waals surface area contributed by atoms with Crippen LogP contribution in [0, 0.1) is 11.8 Å². The molecule has 0 bridgehead atoms. The van der Waals surface area contributed by atoms with Crippen LogP contribution in [0.2, 0.25) is 0 Å². The van der Waals surface area contributed by atoms with Crippen molar-refractivity contribution in [3.05, 3.63) is 16.6 Å². The van der Waals surface area contributed by atoms with Crippen molar-refractivity contribution in [2.75, 3.05) is 0 Å². The number of thiazole rings is 1. The van der Waals surface area contributed by atoms with E-state index in [9.17, 15) is 0 Å². The van der Waals surface area contributed by atoms with Gasteiger partial charge in [0.15, 0.2) is 0 Å². The molecular weight excluding hydrogens is 204 g/mol. The van der Waals surface area contributed by atoms with Gasteiger partial charge in [-0.1, -0.05) is 13.3 Å². The minimum atomic E-state index is 0.436. The summed E-state index contributed by atoms with van der Waals surface area (Å²) in [6.07, 6.45) is 8.25. The van der Waals surface area contributed by atoms with Crippen molar-refractivity contribution in [2.45, 2.75) is 45.1 Å². The van der Waals surface area contributed by atoms with Crippen LogP contribution < -0.4 is 5.73 Å². The Labute approximate surface area is 95.9 Å². The van der Waals surface area contributed by atoms with Crippen molar-refractivity contribution < 1.29 is 0 Å². The summed E-state index contributed by atoms with van der Waals surface area (Å²) < 4.78 is 0. The number of hydrogen-bond acceptors (Lipinski definition) is 3. The van der Waals surface area contributed by atoms with Crippen LogP contribution in [0.5, 0.6) is 0 Å². The van der Waals surface area contributed by atoms with Gasteiger partial charge in [0.25, 0.3) is 0 Å². The first kappa shape index (κ1) is 11.1. The second-order valence-corrected chi connectivity index (χ2v) is 5.64. The second-order valence-electron chi connectivity index (χ2n) is 4.67. The fraction of sp³-hybridized carbons (Fsp3) is 0.750. The van der Waals surface area contributed by atoms with Gasteiger partial charge < -0.3 is 5.73 Å². The second kappa shape index (κ2) is 5.08. The van der Waals surface area contributed by atoms with Gasteiger partial charge in [-0.2, -0.15) is 0 Å². The van der Waals surface area contributed by atoms with Crippen LogP contribution in [0.1, 0.15) is 37.5 Å². The summed E-state index contributed by atoms with van der Waals surface area (Å²) in [6.45, 7) is 2.31. The molecule has 0 radical (unpaired) electrons. The Bertz CT molecular complexity index is 284. The van der Waals surface area contributed by atoms with E-state index in [1.165, 1.54) is 37.0 Å². The Morgan fingerprint density at radius 2 is 2.33 bits per heavy atom. The van der Waals surface area contributed by atoms with E-state index < -0.39 is 0 Å². The summed E-state index contributed by atoms with van der Waals surface area (Å²) in [5.41, 5.74) is 7.99. The molecule has 1 fully saturated rings. The first-order valence-electron chi connectivity index (χ1n) is 5.92. The summed E-state index contributed by atoms with van der Waals surface area (Å²) in [5.74, 6) is 1.67. The van der Waals surface area contributed by atoms with E-state index in [4.69, 9.17) is 5.73 Å². The number of aromatic nitrogens is 1. The fourth-order valence-electron chi connectivity index (χ4n) is 2.75. The molecule has 0 aromatic carbocycles. The van der Waals surface area contributed by atoms with Crippen LogP contribution in [0.3, 0.4) is 0 Å². The van der Waals surface area contributed by atoms with Gasteiger partial charge in [0.1, 0.15) is 0 Å². The lowest BCUT2D eigenvalue weighted by Gasteiger charge is -2.34. The van der Waals surface area contributed by atoms with Crippen molar-refractivity contribution in [3.63, 3.8) is 0 Å². The average molecular weight is 224 g/mol. The van der Waals surface area contributed by atoms with Gasteiger partial charge in [0, 0.05) is 17.1 Å². The molecule has 1 aliphatic rings. The Kier molecular flexibility index (Phi) is 3.76. The zero-order chi connectivity index (χ0) is 10.7. The largest absolute Gasteiger partial charge is 0.328 e. The molecule has 15 heavy (non-hydrogen) atoms. The SMILES string of the molecule is CCC1CCC(N)CC1Cc1cncs1. The van der Waals surface area contributed by atoms with Gasteiger partial charge >= 0.3 is 0 Å². The first-order chi connectivity index (χ1) is 7.29. The predicted molar refractivity (Wildman–Crippen MR) is 64.9 cm³/mol. The molecular formula is C12H20N2S. The van der Waals surface area contributed by atoms with Gasteiger partial charge in [0.05, 0.1) is 5.51 Å². The minimum Gasteiger partial charge on any atom is -0.328 e. The summed E-state index contributed by atoms with van der Waals surface area (Å²) in [6, 6.07) is 0.436. The molecule has 0 saturated heterocycles. The third-order valence-corrected chi connectivity index (χ3v) is 4.45. The number of hydrogen-bond donors (Lipinski definition) is 1. The Morgan fingerprint density at radius 1 is 1.47 bits per heavy atom. The van der Waals surface area contributed by atoms with Gasteiger partial charge in [-0.15, -0.1) is 11.3 Å². The smallest absolute Gasteiger partial charge is 0.0794 e. The van der Waals surface area contributed by atoms with E-state index in [0.717, 1.165) is 11.8 Å². The number of nitrogens with two attached hydrogens (primary N) is 1. The molecule has 2 nitrogen and oxygen atoms in total. The molecule has 1 aromatic rings. The maximum atomic E-state index is 6.06. The number of rotatable bonds is 3. The van der Waals surface area contributed by atoms with Crippen LogP contribution in [0.25, 0.3) is 0 Å². The molecule has 84 valence electrons. The van der Waals surface area contributed by atoms with Gasteiger partial charge in [-0.25, -0.2) is 0 Å². The predicted octanol–water partition coefficient (Wildman–Crippen LogP) is 2.84. The molecule has 1 aromatic heterocycles. The highest BCUT2D eigenvalue weighted by molar-refractivity contribution is 7.09. The molecule has 1 heterocycles.